The molecule has 3 aromatic rings. The molecule has 1 amide bonds. The second-order valence-corrected chi connectivity index (χ2v) is 6.26. The highest BCUT2D eigenvalue weighted by Crippen LogP contribution is 2.31. The van der Waals surface area contributed by atoms with E-state index in [9.17, 15) is 9.18 Å². The van der Waals surface area contributed by atoms with E-state index in [0.717, 1.165) is 18.4 Å². The highest BCUT2D eigenvalue weighted by molar-refractivity contribution is 5.94. The van der Waals surface area contributed by atoms with E-state index in [0.29, 0.717) is 23.9 Å². The van der Waals surface area contributed by atoms with E-state index in [-0.39, 0.29) is 24.1 Å². The summed E-state index contributed by atoms with van der Waals surface area (Å²) in [4.78, 5) is 22.8. The summed E-state index contributed by atoms with van der Waals surface area (Å²) in [6.07, 6.45) is 5.21. The van der Waals surface area contributed by atoms with Crippen LogP contribution in [0.25, 0.3) is 11.4 Å². The van der Waals surface area contributed by atoms with Crippen LogP contribution in [0.1, 0.15) is 31.1 Å². The van der Waals surface area contributed by atoms with Crippen molar-refractivity contribution in [2.24, 2.45) is 0 Å². The molecule has 1 aromatic carbocycles. The van der Waals surface area contributed by atoms with E-state index < -0.39 is 0 Å². The first-order valence-corrected chi connectivity index (χ1v) is 8.50. The number of anilines is 1. The average Bonchev–Trinajstić information content (AvgIpc) is 3.08. The number of carbonyl (C=O) groups excluding carboxylic acids is 1. The Bertz CT molecular complexity index is 895. The molecule has 0 aliphatic carbocycles. The number of hydrogen-bond acceptors (Lipinski definition) is 5. The van der Waals surface area contributed by atoms with Gasteiger partial charge in [0.25, 0.3) is 0 Å². The number of carbonyl (C=O) groups is 1. The van der Waals surface area contributed by atoms with Crippen molar-refractivity contribution in [3.05, 3.63) is 60.5 Å². The molecule has 0 radical (unpaired) electrons. The maximum Gasteiger partial charge on any atom is 0.230 e. The fourth-order valence-corrected chi connectivity index (χ4v) is 3.17. The third kappa shape index (κ3) is 3.33. The number of amides is 1. The van der Waals surface area contributed by atoms with Gasteiger partial charge < -0.3 is 9.42 Å². The number of pyridine rings is 1. The highest BCUT2D eigenvalue weighted by atomic mass is 19.1. The number of benzene rings is 1. The van der Waals surface area contributed by atoms with E-state index >= 15 is 0 Å². The molecule has 132 valence electrons. The van der Waals surface area contributed by atoms with Crippen LogP contribution in [0.3, 0.4) is 0 Å². The van der Waals surface area contributed by atoms with E-state index in [1.165, 1.54) is 12.1 Å². The standard InChI is InChI=1S/C19H17FN4O2/c20-15-3-5-16(6-4-15)24-11-1-2-14(12-17(24)25)19-22-18(23-26-19)13-7-9-21-10-8-13/h3-10,14H,1-2,11-12H2. The van der Waals surface area contributed by atoms with Gasteiger partial charge in [-0.05, 0) is 49.2 Å². The van der Waals surface area contributed by atoms with E-state index in [4.69, 9.17) is 4.52 Å². The van der Waals surface area contributed by atoms with Gasteiger partial charge in [0.1, 0.15) is 5.82 Å². The van der Waals surface area contributed by atoms with Crippen molar-refractivity contribution >= 4 is 11.6 Å². The maximum absolute atomic E-state index is 13.1. The predicted molar refractivity (Wildman–Crippen MR) is 92.9 cm³/mol. The molecule has 1 aliphatic rings. The van der Waals surface area contributed by atoms with Crippen LogP contribution < -0.4 is 4.90 Å². The quantitative estimate of drug-likeness (QED) is 0.720. The van der Waals surface area contributed by atoms with E-state index in [2.05, 4.69) is 15.1 Å². The minimum atomic E-state index is -0.316. The number of hydrogen-bond donors (Lipinski definition) is 0. The zero-order chi connectivity index (χ0) is 17.9. The Morgan fingerprint density at radius 2 is 1.88 bits per heavy atom. The lowest BCUT2D eigenvalue weighted by Gasteiger charge is -2.20. The lowest BCUT2D eigenvalue weighted by atomic mass is 10.0. The summed E-state index contributed by atoms with van der Waals surface area (Å²) in [5.41, 5.74) is 1.53. The summed E-state index contributed by atoms with van der Waals surface area (Å²) in [5.74, 6) is 0.516. The molecule has 1 saturated heterocycles. The van der Waals surface area contributed by atoms with Crippen LogP contribution in [-0.4, -0.2) is 27.6 Å². The van der Waals surface area contributed by atoms with Gasteiger partial charge in [0.05, 0.1) is 0 Å². The Morgan fingerprint density at radius 1 is 1.12 bits per heavy atom. The Hall–Kier alpha value is -3.09. The summed E-state index contributed by atoms with van der Waals surface area (Å²) >= 11 is 0. The molecule has 1 fully saturated rings. The van der Waals surface area contributed by atoms with Crippen LogP contribution in [0.15, 0.2) is 53.3 Å². The summed E-state index contributed by atoms with van der Waals surface area (Å²) in [6.45, 7) is 0.590. The molecule has 1 atom stereocenters. The second kappa shape index (κ2) is 7.03. The Kier molecular flexibility index (Phi) is 4.43. The Labute approximate surface area is 149 Å². The zero-order valence-corrected chi connectivity index (χ0v) is 14.0. The predicted octanol–water partition coefficient (Wildman–Crippen LogP) is 3.57. The van der Waals surface area contributed by atoms with Crippen molar-refractivity contribution < 1.29 is 13.7 Å². The second-order valence-electron chi connectivity index (χ2n) is 6.26. The molecule has 7 heteroatoms. The first-order valence-electron chi connectivity index (χ1n) is 8.50. The van der Waals surface area contributed by atoms with Gasteiger partial charge in [-0.25, -0.2) is 4.39 Å². The van der Waals surface area contributed by atoms with E-state index in [1.807, 2.05) is 12.1 Å². The normalized spacial score (nSPS) is 18.0. The summed E-state index contributed by atoms with van der Waals surface area (Å²) < 4.78 is 18.5. The van der Waals surface area contributed by atoms with Gasteiger partial charge in [0, 0.05) is 42.5 Å². The van der Waals surface area contributed by atoms with Gasteiger partial charge in [-0.2, -0.15) is 4.98 Å². The Morgan fingerprint density at radius 3 is 2.65 bits per heavy atom. The summed E-state index contributed by atoms with van der Waals surface area (Å²) in [7, 11) is 0. The largest absolute Gasteiger partial charge is 0.339 e. The summed E-state index contributed by atoms with van der Waals surface area (Å²) in [5, 5.41) is 4.02. The fourth-order valence-electron chi connectivity index (χ4n) is 3.17. The van der Waals surface area contributed by atoms with Crippen LogP contribution in [0.4, 0.5) is 10.1 Å². The van der Waals surface area contributed by atoms with Crippen molar-refractivity contribution in [1.82, 2.24) is 15.1 Å². The number of aromatic nitrogens is 3. The van der Waals surface area contributed by atoms with Gasteiger partial charge in [0.15, 0.2) is 0 Å². The number of halogens is 1. The first kappa shape index (κ1) is 16.4. The molecule has 0 saturated carbocycles. The molecule has 1 aliphatic heterocycles. The van der Waals surface area contributed by atoms with Crippen LogP contribution in [0.5, 0.6) is 0 Å². The topological polar surface area (TPSA) is 72.1 Å². The number of nitrogens with zero attached hydrogens (tertiary/aromatic N) is 4. The van der Waals surface area contributed by atoms with Crippen molar-refractivity contribution in [3.63, 3.8) is 0 Å². The van der Waals surface area contributed by atoms with Crippen LogP contribution in [0, 0.1) is 5.82 Å². The highest BCUT2D eigenvalue weighted by Gasteiger charge is 2.29. The van der Waals surface area contributed by atoms with Crippen molar-refractivity contribution in [3.8, 4) is 11.4 Å². The molecule has 6 nitrogen and oxygen atoms in total. The molecule has 2 aromatic heterocycles. The molecular weight excluding hydrogens is 335 g/mol. The fraction of sp³-hybridized carbons (Fsp3) is 0.263. The van der Waals surface area contributed by atoms with Crippen molar-refractivity contribution in [2.75, 3.05) is 11.4 Å². The minimum absolute atomic E-state index is 0.0252. The van der Waals surface area contributed by atoms with Gasteiger partial charge in [-0.15, -0.1) is 0 Å². The average molecular weight is 352 g/mol. The maximum atomic E-state index is 13.1. The first-order chi connectivity index (χ1) is 12.7. The third-order valence-corrected chi connectivity index (χ3v) is 4.52. The summed E-state index contributed by atoms with van der Waals surface area (Å²) in [6, 6.07) is 9.60. The molecular formula is C19H17FN4O2. The lowest BCUT2D eigenvalue weighted by Crippen LogP contribution is -2.30. The molecule has 4 rings (SSSR count). The monoisotopic (exact) mass is 352 g/mol. The van der Waals surface area contributed by atoms with Gasteiger partial charge in [-0.3, -0.25) is 9.78 Å². The third-order valence-electron chi connectivity index (χ3n) is 4.52. The Balaban J connectivity index is 1.52. The molecule has 3 heterocycles. The van der Waals surface area contributed by atoms with Crippen LogP contribution >= 0.6 is 0 Å². The molecule has 0 spiro atoms. The van der Waals surface area contributed by atoms with Crippen LogP contribution in [-0.2, 0) is 4.79 Å². The van der Waals surface area contributed by atoms with Gasteiger partial charge >= 0.3 is 0 Å². The molecule has 0 bridgehead atoms. The molecule has 0 N–H and O–H groups in total. The molecule has 26 heavy (non-hydrogen) atoms. The molecule has 1 unspecified atom stereocenters. The number of rotatable bonds is 3. The van der Waals surface area contributed by atoms with Crippen molar-refractivity contribution in [2.45, 2.75) is 25.2 Å². The van der Waals surface area contributed by atoms with Gasteiger partial charge in [0.2, 0.25) is 17.6 Å². The van der Waals surface area contributed by atoms with Crippen LogP contribution in [0.2, 0.25) is 0 Å². The van der Waals surface area contributed by atoms with E-state index in [1.54, 1.807) is 29.4 Å². The smallest absolute Gasteiger partial charge is 0.230 e. The lowest BCUT2D eigenvalue weighted by molar-refractivity contribution is -0.118. The minimum Gasteiger partial charge on any atom is -0.339 e. The zero-order valence-electron chi connectivity index (χ0n) is 14.0. The van der Waals surface area contributed by atoms with Gasteiger partial charge in [-0.1, -0.05) is 5.16 Å². The SMILES string of the molecule is O=C1CC(c2nc(-c3ccncc3)no2)CCCN1c1ccc(F)cc1. The van der Waals surface area contributed by atoms with Crippen molar-refractivity contribution in [1.29, 1.82) is 0 Å².